The van der Waals surface area contributed by atoms with Gasteiger partial charge < -0.3 is 19.8 Å². The minimum Gasteiger partial charge on any atom is -0.399 e. The van der Waals surface area contributed by atoms with Gasteiger partial charge in [0.2, 0.25) is 0 Å². The van der Waals surface area contributed by atoms with Crippen molar-refractivity contribution in [2.24, 2.45) is 0 Å². The molecular formula is C22H24ClN3O4S. The van der Waals surface area contributed by atoms with Gasteiger partial charge in [0, 0.05) is 29.5 Å². The Labute approximate surface area is 186 Å². The molecule has 1 aromatic heterocycles. The van der Waals surface area contributed by atoms with E-state index in [0.717, 1.165) is 5.56 Å². The molecule has 1 aliphatic rings. The zero-order valence-electron chi connectivity index (χ0n) is 16.9. The van der Waals surface area contributed by atoms with Crippen LogP contribution in [0.5, 0.6) is 0 Å². The van der Waals surface area contributed by atoms with E-state index in [1.807, 2.05) is 35.0 Å². The van der Waals surface area contributed by atoms with Crippen LogP contribution in [0.25, 0.3) is 0 Å². The standard InChI is InChI=1S/C22H24ClN3O4S/c23-18-3-1-17(2-4-18)9-10-22(15-26-12-11-25-16-26)29-13-20(30-22)14-31(27,28)21-7-5-19(24)6-8-21/h1-8,11-12,16,20H,9-10,13-15,24H2/t20-,22-/m0/s1. The lowest BCUT2D eigenvalue weighted by Crippen LogP contribution is -2.37. The van der Waals surface area contributed by atoms with Gasteiger partial charge in [0.25, 0.3) is 0 Å². The molecule has 0 unspecified atom stereocenters. The second-order valence-corrected chi connectivity index (χ2v) is 10.1. The lowest BCUT2D eigenvalue weighted by atomic mass is 10.0. The van der Waals surface area contributed by atoms with Crippen LogP contribution in [0.1, 0.15) is 12.0 Å². The Morgan fingerprint density at radius 3 is 2.58 bits per heavy atom. The van der Waals surface area contributed by atoms with Gasteiger partial charge >= 0.3 is 0 Å². The number of nitrogens with zero attached hydrogens (tertiary/aromatic N) is 2. The van der Waals surface area contributed by atoms with Gasteiger partial charge in [-0.1, -0.05) is 23.7 Å². The van der Waals surface area contributed by atoms with E-state index in [2.05, 4.69) is 4.98 Å². The van der Waals surface area contributed by atoms with Gasteiger partial charge in [-0.05, 0) is 48.4 Å². The number of aromatic nitrogens is 2. The summed E-state index contributed by atoms with van der Waals surface area (Å²) in [5.74, 6) is -1.11. The molecule has 0 aliphatic carbocycles. The summed E-state index contributed by atoms with van der Waals surface area (Å²) < 4.78 is 39.9. The van der Waals surface area contributed by atoms with Crippen molar-refractivity contribution in [3.63, 3.8) is 0 Å². The minimum atomic E-state index is -3.54. The van der Waals surface area contributed by atoms with Crippen molar-refractivity contribution < 1.29 is 17.9 Å². The summed E-state index contributed by atoms with van der Waals surface area (Å²) in [4.78, 5) is 4.30. The molecule has 9 heteroatoms. The van der Waals surface area contributed by atoms with Gasteiger partial charge in [0.15, 0.2) is 15.6 Å². The summed E-state index contributed by atoms with van der Waals surface area (Å²) >= 11 is 5.98. The predicted molar refractivity (Wildman–Crippen MR) is 118 cm³/mol. The van der Waals surface area contributed by atoms with E-state index >= 15 is 0 Å². The van der Waals surface area contributed by atoms with Crippen molar-refractivity contribution in [3.8, 4) is 0 Å². The molecule has 0 amide bonds. The van der Waals surface area contributed by atoms with E-state index in [-0.39, 0.29) is 17.3 Å². The third kappa shape index (κ3) is 5.46. The molecule has 2 N–H and O–H groups in total. The Morgan fingerprint density at radius 1 is 1.16 bits per heavy atom. The lowest BCUT2D eigenvalue weighted by Gasteiger charge is -2.28. The number of hydrogen-bond donors (Lipinski definition) is 1. The lowest BCUT2D eigenvalue weighted by molar-refractivity contribution is -0.180. The Morgan fingerprint density at radius 2 is 1.90 bits per heavy atom. The minimum absolute atomic E-state index is 0.163. The number of imidazole rings is 1. The van der Waals surface area contributed by atoms with Crippen LogP contribution in [-0.2, 0) is 32.3 Å². The number of rotatable bonds is 8. The summed E-state index contributed by atoms with van der Waals surface area (Å²) in [6.45, 7) is 0.614. The second kappa shape index (κ2) is 9.00. The molecule has 1 fully saturated rings. The molecule has 0 saturated carbocycles. The third-order valence-electron chi connectivity index (χ3n) is 5.25. The average Bonchev–Trinajstić information content (AvgIpc) is 3.38. The first kappa shape index (κ1) is 21.8. The predicted octanol–water partition coefficient (Wildman–Crippen LogP) is 3.34. The molecule has 0 bridgehead atoms. The summed E-state index contributed by atoms with van der Waals surface area (Å²) in [6, 6.07) is 13.8. The molecule has 31 heavy (non-hydrogen) atoms. The van der Waals surface area contributed by atoms with Crippen LogP contribution in [-0.4, -0.2) is 42.2 Å². The molecule has 0 radical (unpaired) electrons. The zero-order valence-corrected chi connectivity index (χ0v) is 18.4. The van der Waals surface area contributed by atoms with E-state index < -0.39 is 21.7 Å². The molecule has 4 rings (SSSR count). The molecule has 0 spiro atoms. The molecule has 3 aromatic rings. The van der Waals surface area contributed by atoms with E-state index in [9.17, 15) is 8.42 Å². The molecule has 7 nitrogen and oxygen atoms in total. The van der Waals surface area contributed by atoms with Gasteiger partial charge in [-0.3, -0.25) is 0 Å². The Balaban J connectivity index is 1.48. The van der Waals surface area contributed by atoms with Crippen LogP contribution in [0.3, 0.4) is 0 Å². The van der Waals surface area contributed by atoms with Crippen LogP contribution in [0.15, 0.2) is 72.1 Å². The van der Waals surface area contributed by atoms with Crippen LogP contribution < -0.4 is 5.73 Å². The highest BCUT2D eigenvalue weighted by atomic mass is 35.5. The fraction of sp³-hybridized carbons (Fsp3) is 0.318. The van der Waals surface area contributed by atoms with Crippen LogP contribution >= 0.6 is 11.6 Å². The van der Waals surface area contributed by atoms with Crippen LogP contribution in [0.2, 0.25) is 5.02 Å². The summed E-state index contributed by atoms with van der Waals surface area (Å²) in [5.41, 5.74) is 7.28. The number of aryl methyl sites for hydroxylation is 1. The molecule has 1 saturated heterocycles. The number of anilines is 1. The summed E-state index contributed by atoms with van der Waals surface area (Å²) in [5, 5.41) is 0.679. The highest BCUT2D eigenvalue weighted by molar-refractivity contribution is 7.91. The highest BCUT2D eigenvalue weighted by Crippen LogP contribution is 2.32. The van der Waals surface area contributed by atoms with Gasteiger partial charge in [0.1, 0.15) is 0 Å². The Hall–Kier alpha value is -2.39. The molecule has 2 atom stereocenters. The Bertz CT molecular complexity index is 1100. The van der Waals surface area contributed by atoms with Crippen molar-refractivity contribution in [1.82, 2.24) is 9.55 Å². The van der Waals surface area contributed by atoms with Crippen molar-refractivity contribution in [1.29, 1.82) is 0 Å². The van der Waals surface area contributed by atoms with E-state index in [4.69, 9.17) is 26.8 Å². The first-order chi connectivity index (χ1) is 14.8. The number of ether oxygens (including phenoxy) is 2. The maximum absolute atomic E-state index is 12.8. The van der Waals surface area contributed by atoms with Crippen LogP contribution in [0, 0.1) is 0 Å². The summed E-state index contributed by atoms with van der Waals surface area (Å²) in [7, 11) is -3.54. The number of benzene rings is 2. The van der Waals surface area contributed by atoms with Gasteiger partial charge in [-0.25, -0.2) is 13.4 Å². The molecular weight excluding hydrogens is 438 g/mol. The Kier molecular flexibility index (Phi) is 6.34. The third-order valence-corrected chi connectivity index (χ3v) is 7.30. The van der Waals surface area contributed by atoms with Crippen molar-refractivity contribution in [2.75, 3.05) is 18.1 Å². The fourth-order valence-corrected chi connectivity index (χ4v) is 5.18. The maximum atomic E-state index is 12.8. The second-order valence-electron chi connectivity index (χ2n) is 7.67. The van der Waals surface area contributed by atoms with E-state index in [1.165, 1.54) is 12.1 Å². The maximum Gasteiger partial charge on any atom is 0.187 e. The topological polar surface area (TPSA) is 96.4 Å². The summed E-state index contributed by atoms with van der Waals surface area (Å²) in [6.07, 6.45) is 5.89. The SMILES string of the molecule is Nc1ccc(S(=O)(=O)C[C@@H]2CO[C@](CCc3ccc(Cl)cc3)(Cn3ccnc3)O2)cc1. The van der Waals surface area contributed by atoms with Gasteiger partial charge in [-0.2, -0.15) is 0 Å². The number of nitrogens with two attached hydrogens (primary N) is 1. The number of hydrogen-bond acceptors (Lipinski definition) is 6. The van der Waals surface area contributed by atoms with Crippen molar-refractivity contribution in [3.05, 3.63) is 77.8 Å². The quantitative estimate of drug-likeness (QED) is 0.517. The molecule has 2 aromatic carbocycles. The fourth-order valence-electron chi connectivity index (χ4n) is 3.65. The molecule has 164 valence electrons. The first-order valence-corrected chi connectivity index (χ1v) is 12.0. The molecule has 2 heterocycles. The van der Waals surface area contributed by atoms with Crippen molar-refractivity contribution >= 4 is 27.1 Å². The number of halogens is 1. The largest absolute Gasteiger partial charge is 0.399 e. The van der Waals surface area contributed by atoms with Gasteiger partial charge in [0.05, 0.1) is 36.2 Å². The smallest absolute Gasteiger partial charge is 0.187 e. The normalized spacial score (nSPS) is 21.4. The average molecular weight is 462 g/mol. The molecule has 1 aliphatic heterocycles. The number of sulfone groups is 1. The van der Waals surface area contributed by atoms with Crippen molar-refractivity contribution in [2.45, 2.75) is 36.2 Å². The van der Waals surface area contributed by atoms with E-state index in [1.54, 1.807) is 24.7 Å². The first-order valence-electron chi connectivity index (χ1n) is 9.94. The highest BCUT2D eigenvalue weighted by Gasteiger charge is 2.43. The van der Waals surface area contributed by atoms with E-state index in [0.29, 0.717) is 30.1 Å². The van der Waals surface area contributed by atoms with Gasteiger partial charge in [-0.15, -0.1) is 0 Å². The van der Waals surface area contributed by atoms with Crippen LogP contribution in [0.4, 0.5) is 5.69 Å². The number of nitrogen functional groups attached to an aromatic ring is 1. The monoisotopic (exact) mass is 461 g/mol. The zero-order chi connectivity index (χ0) is 21.9.